The van der Waals surface area contributed by atoms with E-state index in [1.165, 1.54) is 5.56 Å². The van der Waals surface area contributed by atoms with E-state index in [2.05, 4.69) is 17.1 Å². The highest BCUT2D eigenvalue weighted by atomic mass is 16.3. The summed E-state index contributed by atoms with van der Waals surface area (Å²) in [5.74, 6) is 0.731. The number of hydrogen-bond donors (Lipinski definition) is 3. The minimum absolute atomic E-state index is 0.209. The molecule has 3 rings (SSSR count). The van der Waals surface area contributed by atoms with Crippen LogP contribution in [0.2, 0.25) is 0 Å². The number of imidazole rings is 1. The second kappa shape index (κ2) is 5.97. The molecule has 2 heterocycles. The van der Waals surface area contributed by atoms with Gasteiger partial charge < -0.3 is 19.9 Å². The van der Waals surface area contributed by atoms with Gasteiger partial charge in [-0.3, -0.25) is 0 Å². The van der Waals surface area contributed by atoms with Gasteiger partial charge in [-0.25, -0.2) is 4.98 Å². The Labute approximate surface area is 123 Å². The number of rotatable bonds is 4. The number of aryl methyl sites for hydroxylation is 2. The second-order valence-electron chi connectivity index (χ2n) is 5.55. The summed E-state index contributed by atoms with van der Waals surface area (Å²) in [6, 6.07) is 9.68. The molecule has 0 bridgehead atoms. The van der Waals surface area contributed by atoms with Gasteiger partial charge in [0.05, 0.1) is 24.4 Å². The van der Waals surface area contributed by atoms with E-state index in [-0.39, 0.29) is 6.61 Å². The molecule has 0 unspecified atom stereocenters. The highest BCUT2D eigenvalue weighted by Gasteiger charge is 2.34. The molecule has 1 aliphatic rings. The van der Waals surface area contributed by atoms with E-state index in [1.54, 1.807) is 4.57 Å². The Morgan fingerprint density at radius 3 is 2.62 bits per heavy atom. The van der Waals surface area contributed by atoms with Gasteiger partial charge in [-0.15, -0.1) is 0 Å². The summed E-state index contributed by atoms with van der Waals surface area (Å²) in [7, 11) is 0. The normalized spacial score (nSPS) is 24.8. The van der Waals surface area contributed by atoms with Gasteiger partial charge in [0.2, 0.25) is 0 Å². The zero-order valence-electron chi connectivity index (χ0n) is 11.8. The van der Waals surface area contributed by atoms with Crippen molar-refractivity contribution in [3.05, 3.63) is 53.6 Å². The third kappa shape index (κ3) is 2.85. The van der Waals surface area contributed by atoms with Gasteiger partial charge in [0, 0.05) is 12.6 Å². The van der Waals surface area contributed by atoms with Crippen LogP contribution in [0.25, 0.3) is 0 Å². The number of hydrogen-bond acceptors (Lipinski definition) is 4. The Bertz CT molecular complexity index is 597. The van der Waals surface area contributed by atoms with Crippen LogP contribution in [0.3, 0.4) is 0 Å². The minimum atomic E-state index is -0.946. The molecule has 112 valence electrons. The standard InChI is InChI=1S/C16H20N2O3/c19-10-13-16(21)14(20)8-15-17-12(9-18(13)15)7-6-11-4-2-1-3-5-11/h1-5,9,13-14,16,19-21H,6-8,10H2/t13-,14-,16-/m1/s1. The third-order valence-electron chi connectivity index (χ3n) is 4.10. The van der Waals surface area contributed by atoms with Crippen molar-refractivity contribution in [2.75, 3.05) is 6.61 Å². The van der Waals surface area contributed by atoms with Gasteiger partial charge >= 0.3 is 0 Å². The topological polar surface area (TPSA) is 78.5 Å². The number of aromatic nitrogens is 2. The fourth-order valence-corrected chi connectivity index (χ4v) is 2.89. The molecule has 0 spiro atoms. The fraction of sp³-hybridized carbons (Fsp3) is 0.438. The third-order valence-corrected chi connectivity index (χ3v) is 4.10. The van der Waals surface area contributed by atoms with Gasteiger partial charge in [0.15, 0.2) is 0 Å². The number of benzene rings is 1. The van der Waals surface area contributed by atoms with Crippen LogP contribution >= 0.6 is 0 Å². The first-order valence-electron chi connectivity index (χ1n) is 7.26. The molecule has 0 aliphatic carbocycles. The number of aliphatic hydroxyl groups excluding tert-OH is 3. The van der Waals surface area contributed by atoms with E-state index >= 15 is 0 Å². The quantitative estimate of drug-likeness (QED) is 0.764. The molecule has 5 nitrogen and oxygen atoms in total. The molecule has 5 heteroatoms. The van der Waals surface area contributed by atoms with Crippen molar-refractivity contribution in [1.29, 1.82) is 0 Å². The van der Waals surface area contributed by atoms with Gasteiger partial charge in [-0.2, -0.15) is 0 Å². The molecule has 3 N–H and O–H groups in total. The number of aliphatic hydroxyl groups is 3. The van der Waals surface area contributed by atoms with Crippen molar-refractivity contribution in [2.24, 2.45) is 0 Å². The highest BCUT2D eigenvalue weighted by molar-refractivity contribution is 5.18. The van der Waals surface area contributed by atoms with Crippen LogP contribution in [-0.4, -0.2) is 43.7 Å². The van der Waals surface area contributed by atoms with Gasteiger partial charge in [0.1, 0.15) is 11.9 Å². The van der Waals surface area contributed by atoms with E-state index in [1.807, 2.05) is 24.4 Å². The Hall–Kier alpha value is -1.69. The molecule has 1 aliphatic heterocycles. The summed E-state index contributed by atoms with van der Waals surface area (Å²) in [5, 5.41) is 29.2. The second-order valence-corrected chi connectivity index (χ2v) is 5.55. The smallest absolute Gasteiger partial charge is 0.112 e. The molecular weight excluding hydrogens is 268 g/mol. The zero-order chi connectivity index (χ0) is 14.8. The van der Waals surface area contributed by atoms with Crippen LogP contribution < -0.4 is 0 Å². The monoisotopic (exact) mass is 288 g/mol. The van der Waals surface area contributed by atoms with Crippen molar-refractivity contribution in [1.82, 2.24) is 9.55 Å². The summed E-state index contributed by atoms with van der Waals surface area (Å²) in [6.07, 6.45) is 2.09. The van der Waals surface area contributed by atoms with Gasteiger partial charge in [-0.05, 0) is 18.4 Å². The molecule has 1 aromatic carbocycles. The lowest BCUT2D eigenvalue weighted by Crippen LogP contribution is -2.43. The maximum atomic E-state index is 9.94. The van der Waals surface area contributed by atoms with Gasteiger partial charge in [0.25, 0.3) is 0 Å². The Balaban J connectivity index is 1.76. The SMILES string of the molecule is OC[C@@H]1[C@@H](O)[C@H](O)Cc2nc(CCc3ccccc3)cn21. The lowest BCUT2D eigenvalue weighted by molar-refractivity contribution is -0.0418. The minimum Gasteiger partial charge on any atom is -0.394 e. The first-order chi connectivity index (χ1) is 10.2. The van der Waals surface area contributed by atoms with Gasteiger partial charge in [-0.1, -0.05) is 30.3 Å². The highest BCUT2D eigenvalue weighted by Crippen LogP contribution is 2.25. The van der Waals surface area contributed by atoms with E-state index in [0.29, 0.717) is 6.42 Å². The average molecular weight is 288 g/mol. The van der Waals surface area contributed by atoms with E-state index in [4.69, 9.17) is 0 Å². The fourth-order valence-electron chi connectivity index (χ4n) is 2.89. The van der Waals surface area contributed by atoms with E-state index in [9.17, 15) is 15.3 Å². The largest absolute Gasteiger partial charge is 0.394 e. The number of nitrogens with zero attached hydrogens (tertiary/aromatic N) is 2. The maximum Gasteiger partial charge on any atom is 0.112 e. The van der Waals surface area contributed by atoms with Crippen LogP contribution in [0.4, 0.5) is 0 Å². The summed E-state index contributed by atoms with van der Waals surface area (Å²) in [4.78, 5) is 4.53. The van der Waals surface area contributed by atoms with Crippen molar-refractivity contribution < 1.29 is 15.3 Å². The lowest BCUT2D eigenvalue weighted by atomic mass is 9.99. The van der Waals surface area contributed by atoms with Crippen LogP contribution in [0, 0.1) is 0 Å². The molecule has 1 aromatic heterocycles. The van der Waals surface area contributed by atoms with Crippen LogP contribution in [0.1, 0.15) is 23.1 Å². The van der Waals surface area contributed by atoms with E-state index < -0.39 is 18.2 Å². The molecule has 0 fully saturated rings. The summed E-state index contributed by atoms with van der Waals surface area (Å²) < 4.78 is 1.80. The van der Waals surface area contributed by atoms with Crippen molar-refractivity contribution in [3.8, 4) is 0 Å². The summed E-state index contributed by atoms with van der Waals surface area (Å²) in [6.45, 7) is -0.209. The first-order valence-corrected chi connectivity index (χ1v) is 7.26. The number of fused-ring (bicyclic) bond motifs is 1. The molecule has 2 aromatic rings. The first kappa shape index (κ1) is 14.3. The Morgan fingerprint density at radius 2 is 1.90 bits per heavy atom. The molecule has 0 saturated carbocycles. The average Bonchev–Trinajstić information content (AvgIpc) is 2.90. The molecule has 0 radical (unpaired) electrons. The summed E-state index contributed by atoms with van der Waals surface area (Å²) >= 11 is 0. The van der Waals surface area contributed by atoms with Crippen molar-refractivity contribution in [2.45, 2.75) is 37.5 Å². The molecular formula is C16H20N2O3. The molecule has 0 saturated heterocycles. The maximum absolute atomic E-state index is 9.94. The Morgan fingerprint density at radius 1 is 1.14 bits per heavy atom. The van der Waals surface area contributed by atoms with E-state index in [0.717, 1.165) is 24.4 Å². The molecule has 21 heavy (non-hydrogen) atoms. The zero-order valence-corrected chi connectivity index (χ0v) is 11.8. The van der Waals surface area contributed by atoms with Crippen LogP contribution in [0.15, 0.2) is 36.5 Å². The van der Waals surface area contributed by atoms with Crippen LogP contribution in [-0.2, 0) is 19.3 Å². The molecule has 3 atom stereocenters. The molecule has 0 amide bonds. The van der Waals surface area contributed by atoms with Crippen LogP contribution in [0.5, 0.6) is 0 Å². The Kier molecular flexibility index (Phi) is 4.05. The lowest BCUT2D eigenvalue weighted by Gasteiger charge is -2.32. The predicted molar refractivity (Wildman–Crippen MR) is 77.9 cm³/mol. The van der Waals surface area contributed by atoms with Crippen molar-refractivity contribution in [3.63, 3.8) is 0 Å². The predicted octanol–water partition coefficient (Wildman–Crippen LogP) is 0.480. The summed E-state index contributed by atoms with van der Waals surface area (Å²) in [5.41, 5.74) is 2.18. The van der Waals surface area contributed by atoms with Crippen molar-refractivity contribution >= 4 is 0 Å².